The van der Waals surface area contributed by atoms with Gasteiger partial charge in [0.05, 0.1) is 21.5 Å². The summed E-state index contributed by atoms with van der Waals surface area (Å²) in [5, 5.41) is 3.50. The lowest BCUT2D eigenvalue weighted by Crippen LogP contribution is -2.15. The Labute approximate surface area is 163 Å². The van der Waals surface area contributed by atoms with Gasteiger partial charge in [0.2, 0.25) is 15.9 Å². The molecule has 0 saturated carbocycles. The summed E-state index contributed by atoms with van der Waals surface area (Å²) < 4.78 is 25.8. The first-order chi connectivity index (χ1) is 12.2. The summed E-state index contributed by atoms with van der Waals surface area (Å²) in [7, 11) is -3.35. The zero-order chi connectivity index (χ0) is 19.3. The third-order valence-electron chi connectivity index (χ3n) is 3.54. The molecule has 26 heavy (non-hydrogen) atoms. The maximum atomic E-state index is 12.1. The number of hydrogen-bond acceptors (Lipinski definition) is 3. The van der Waals surface area contributed by atoms with Gasteiger partial charge in [-0.2, -0.15) is 0 Å². The molecule has 0 atom stereocenters. The normalized spacial score (nSPS) is 11.5. The Morgan fingerprint density at radius 3 is 2.58 bits per heavy atom. The summed E-state index contributed by atoms with van der Waals surface area (Å²) >= 11 is 12.0. The molecule has 2 N–H and O–H groups in total. The third kappa shape index (κ3) is 5.49. The van der Waals surface area contributed by atoms with E-state index < -0.39 is 10.0 Å². The van der Waals surface area contributed by atoms with Crippen molar-refractivity contribution >= 4 is 56.6 Å². The molecule has 0 fully saturated rings. The summed E-state index contributed by atoms with van der Waals surface area (Å²) in [6.07, 6.45) is 2.92. The molecular weight excluding hydrogens is 395 g/mol. The number of anilines is 2. The second kappa shape index (κ2) is 8.58. The highest BCUT2D eigenvalue weighted by Gasteiger charge is 2.09. The standard InChI is InChI=1S/C18H18Cl2N2O3S/c1-3-26(24,25)22-16-9-8-14(11-12(16)2)21-17(23)10-7-13-5-4-6-15(19)18(13)20/h4-11,22H,3H2,1-2H3,(H,21,23)/b10-7+. The number of nitrogens with one attached hydrogen (secondary N) is 2. The molecule has 138 valence electrons. The van der Waals surface area contributed by atoms with Crippen molar-refractivity contribution in [2.75, 3.05) is 15.8 Å². The molecule has 0 aliphatic carbocycles. The fourth-order valence-electron chi connectivity index (χ4n) is 2.09. The van der Waals surface area contributed by atoms with Gasteiger partial charge in [-0.3, -0.25) is 9.52 Å². The molecule has 0 spiro atoms. The molecule has 8 heteroatoms. The van der Waals surface area contributed by atoms with E-state index in [1.807, 2.05) is 0 Å². The molecule has 1 amide bonds. The van der Waals surface area contributed by atoms with E-state index in [-0.39, 0.29) is 11.7 Å². The van der Waals surface area contributed by atoms with Gasteiger partial charge in [-0.25, -0.2) is 8.42 Å². The highest BCUT2D eigenvalue weighted by atomic mass is 35.5. The van der Waals surface area contributed by atoms with Gasteiger partial charge in [-0.1, -0.05) is 35.3 Å². The first-order valence-electron chi connectivity index (χ1n) is 7.76. The van der Waals surface area contributed by atoms with Crippen molar-refractivity contribution in [2.24, 2.45) is 0 Å². The van der Waals surface area contributed by atoms with Crippen LogP contribution in [0.5, 0.6) is 0 Å². The van der Waals surface area contributed by atoms with Gasteiger partial charge in [-0.15, -0.1) is 0 Å². The average Bonchev–Trinajstić information content (AvgIpc) is 2.58. The maximum absolute atomic E-state index is 12.1. The lowest BCUT2D eigenvalue weighted by Gasteiger charge is -2.11. The van der Waals surface area contributed by atoms with Gasteiger partial charge in [0.25, 0.3) is 0 Å². The average molecular weight is 413 g/mol. The van der Waals surface area contributed by atoms with E-state index in [0.717, 1.165) is 0 Å². The van der Waals surface area contributed by atoms with E-state index in [0.29, 0.717) is 32.5 Å². The largest absolute Gasteiger partial charge is 0.323 e. The van der Waals surface area contributed by atoms with Crippen molar-refractivity contribution in [1.82, 2.24) is 0 Å². The first kappa shape index (κ1) is 20.3. The van der Waals surface area contributed by atoms with Crippen molar-refractivity contribution in [3.05, 3.63) is 63.6 Å². The number of hydrogen-bond donors (Lipinski definition) is 2. The Hall–Kier alpha value is -2.02. The minimum absolute atomic E-state index is 0.0121. The van der Waals surface area contributed by atoms with Crippen LogP contribution in [0.25, 0.3) is 6.08 Å². The highest BCUT2D eigenvalue weighted by molar-refractivity contribution is 7.92. The predicted octanol–water partition coefficient (Wildman–Crippen LogP) is 4.72. The molecule has 2 aromatic carbocycles. The van der Waals surface area contributed by atoms with Crippen LogP contribution < -0.4 is 10.0 Å². The fourth-order valence-corrected chi connectivity index (χ4v) is 3.17. The van der Waals surface area contributed by atoms with Crippen LogP contribution in [-0.2, 0) is 14.8 Å². The van der Waals surface area contributed by atoms with Crippen LogP contribution >= 0.6 is 23.2 Å². The number of amides is 1. The second-order valence-electron chi connectivity index (χ2n) is 5.50. The molecule has 0 aliphatic heterocycles. The molecule has 0 unspecified atom stereocenters. The van der Waals surface area contributed by atoms with Gasteiger partial charge in [0.1, 0.15) is 0 Å². The first-order valence-corrected chi connectivity index (χ1v) is 10.2. The number of sulfonamides is 1. The Bertz CT molecular complexity index is 957. The summed E-state index contributed by atoms with van der Waals surface area (Å²) in [6.45, 7) is 3.31. The number of carbonyl (C=O) groups excluding carboxylic acids is 1. The molecule has 0 bridgehead atoms. The summed E-state index contributed by atoms with van der Waals surface area (Å²) in [4.78, 5) is 12.1. The van der Waals surface area contributed by atoms with Crippen molar-refractivity contribution < 1.29 is 13.2 Å². The van der Waals surface area contributed by atoms with Gasteiger partial charge in [-0.05, 0) is 55.3 Å². The van der Waals surface area contributed by atoms with E-state index in [4.69, 9.17) is 23.2 Å². The zero-order valence-electron chi connectivity index (χ0n) is 14.2. The van der Waals surface area contributed by atoms with E-state index in [1.165, 1.54) is 6.08 Å². The molecule has 2 rings (SSSR count). The van der Waals surface area contributed by atoms with Gasteiger partial charge < -0.3 is 5.32 Å². The SMILES string of the molecule is CCS(=O)(=O)Nc1ccc(NC(=O)/C=C/c2cccc(Cl)c2Cl)cc1C. The quantitative estimate of drug-likeness (QED) is 0.674. The van der Waals surface area contributed by atoms with E-state index >= 15 is 0 Å². The zero-order valence-corrected chi connectivity index (χ0v) is 16.5. The molecule has 0 saturated heterocycles. The number of aryl methyl sites for hydroxylation is 1. The van der Waals surface area contributed by atoms with Crippen molar-refractivity contribution in [3.63, 3.8) is 0 Å². The Morgan fingerprint density at radius 1 is 1.19 bits per heavy atom. The minimum Gasteiger partial charge on any atom is -0.323 e. The summed E-state index contributed by atoms with van der Waals surface area (Å²) in [6, 6.07) is 10.1. The monoisotopic (exact) mass is 412 g/mol. The van der Waals surface area contributed by atoms with Gasteiger partial charge in [0.15, 0.2) is 0 Å². The van der Waals surface area contributed by atoms with Crippen LogP contribution in [0.4, 0.5) is 11.4 Å². The minimum atomic E-state index is -3.35. The lowest BCUT2D eigenvalue weighted by molar-refractivity contribution is -0.111. The topological polar surface area (TPSA) is 75.3 Å². The van der Waals surface area contributed by atoms with Crippen LogP contribution in [0.3, 0.4) is 0 Å². The van der Waals surface area contributed by atoms with Crippen LogP contribution in [-0.4, -0.2) is 20.1 Å². The Kier molecular flexibility index (Phi) is 6.69. The van der Waals surface area contributed by atoms with Crippen LogP contribution in [0.1, 0.15) is 18.1 Å². The lowest BCUT2D eigenvalue weighted by atomic mass is 10.2. The van der Waals surface area contributed by atoms with Crippen molar-refractivity contribution in [3.8, 4) is 0 Å². The molecule has 0 aromatic heterocycles. The summed E-state index contributed by atoms with van der Waals surface area (Å²) in [5.74, 6) is -0.357. The number of rotatable bonds is 6. The van der Waals surface area contributed by atoms with Gasteiger partial charge >= 0.3 is 0 Å². The number of carbonyl (C=O) groups is 1. The third-order valence-corrected chi connectivity index (χ3v) is 5.66. The molecule has 0 aliphatic rings. The predicted molar refractivity (Wildman–Crippen MR) is 108 cm³/mol. The van der Waals surface area contributed by atoms with E-state index in [1.54, 1.807) is 56.3 Å². The fraction of sp³-hybridized carbons (Fsp3) is 0.167. The molecule has 0 heterocycles. The second-order valence-corrected chi connectivity index (χ2v) is 8.30. The summed E-state index contributed by atoms with van der Waals surface area (Å²) in [5.41, 5.74) is 2.36. The smallest absolute Gasteiger partial charge is 0.248 e. The van der Waals surface area contributed by atoms with Crippen molar-refractivity contribution in [1.29, 1.82) is 0 Å². The van der Waals surface area contributed by atoms with Crippen molar-refractivity contribution in [2.45, 2.75) is 13.8 Å². The number of benzene rings is 2. The highest BCUT2D eigenvalue weighted by Crippen LogP contribution is 2.26. The van der Waals surface area contributed by atoms with Crippen LogP contribution in [0, 0.1) is 6.92 Å². The molecule has 5 nitrogen and oxygen atoms in total. The van der Waals surface area contributed by atoms with Crippen LogP contribution in [0.15, 0.2) is 42.5 Å². The molecule has 2 aromatic rings. The van der Waals surface area contributed by atoms with E-state index in [9.17, 15) is 13.2 Å². The van der Waals surface area contributed by atoms with Crippen LogP contribution in [0.2, 0.25) is 10.0 Å². The maximum Gasteiger partial charge on any atom is 0.248 e. The molecular formula is C18H18Cl2N2O3S. The van der Waals surface area contributed by atoms with Gasteiger partial charge in [0, 0.05) is 11.8 Å². The van der Waals surface area contributed by atoms with E-state index in [2.05, 4.69) is 10.0 Å². The number of halogens is 2. The Balaban J connectivity index is 2.08. The Morgan fingerprint density at radius 2 is 1.92 bits per heavy atom. The molecule has 0 radical (unpaired) electrons.